The third-order valence-corrected chi connectivity index (χ3v) is 4.09. The summed E-state index contributed by atoms with van der Waals surface area (Å²) in [6, 6.07) is 7.06. The van der Waals surface area contributed by atoms with Gasteiger partial charge in [-0.25, -0.2) is 4.79 Å². The fourth-order valence-electron chi connectivity index (χ4n) is 2.74. The SMILES string of the molecule is CCCCC#Cc1ccccc1C1(C(=O)O)C=CC=C(C(=O)O)C1. The van der Waals surface area contributed by atoms with E-state index in [0.717, 1.165) is 19.3 Å². The van der Waals surface area contributed by atoms with Gasteiger partial charge in [0, 0.05) is 24.0 Å². The molecule has 4 nitrogen and oxygen atoms in total. The first kappa shape index (κ1) is 17.6. The molecule has 0 aromatic heterocycles. The molecule has 0 aliphatic heterocycles. The minimum atomic E-state index is -1.40. The number of allylic oxidation sites excluding steroid dienone is 2. The lowest BCUT2D eigenvalue weighted by Gasteiger charge is -2.30. The third kappa shape index (κ3) is 3.57. The topological polar surface area (TPSA) is 74.6 Å². The van der Waals surface area contributed by atoms with Gasteiger partial charge in [0.2, 0.25) is 0 Å². The van der Waals surface area contributed by atoms with Crippen molar-refractivity contribution in [2.75, 3.05) is 0 Å². The molecule has 0 heterocycles. The molecular weight excluding hydrogens is 304 g/mol. The Morgan fingerprint density at radius 3 is 2.67 bits per heavy atom. The first-order valence-corrected chi connectivity index (χ1v) is 7.94. The summed E-state index contributed by atoms with van der Waals surface area (Å²) in [5.41, 5.74) is -0.163. The van der Waals surface area contributed by atoms with Crippen molar-refractivity contribution >= 4 is 11.9 Å². The van der Waals surface area contributed by atoms with Crippen LogP contribution in [0.25, 0.3) is 0 Å². The van der Waals surface area contributed by atoms with Crippen LogP contribution in [0.2, 0.25) is 0 Å². The van der Waals surface area contributed by atoms with Gasteiger partial charge in [-0.2, -0.15) is 0 Å². The fraction of sp³-hybridized carbons (Fsp3) is 0.300. The van der Waals surface area contributed by atoms with E-state index in [4.69, 9.17) is 0 Å². The van der Waals surface area contributed by atoms with Gasteiger partial charge in [-0.1, -0.05) is 61.6 Å². The van der Waals surface area contributed by atoms with Crippen molar-refractivity contribution in [2.45, 2.75) is 38.0 Å². The Morgan fingerprint density at radius 1 is 1.25 bits per heavy atom. The largest absolute Gasteiger partial charge is 0.480 e. The number of hydrogen-bond donors (Lipinski definition) is 2. The number of carboxylic acids is 2. The van der Waals surface area contributed by atoms with Gasteiger partial charge in [-0.15, -0.1) is 0 Å². The number of aliphatic carboxylic acids is 2. The van der Waals surface area contributed by atoms with Gasteiger partial charge >= 0.3 is 11.9 Å². The minimum Gasteiger partial charge on any atom is -0.480 e. The number of carbonyl (C=O) groups is 2. The highest BCUT2D eigenvalue weighted by Gasteiger charge is 2.42. The molecule has 0 fully saturated rings. The summed E-state index contributed by atoms with van der Waals surface area (Å²) >= 11 is 0. The summed E-state index contributed by atoms with van der Waals surface area (Å²) < 4.78 is 0. The molecule has 0 radical (unpaired) electrons. The van der Waals surface area contributed by atoms with Crippen LogP contribution in [-0.4, -0.2) is 22.2 Å². The molecule has 4 heteroatoms. The molecule has 124 valence electrons. The normalized spacial score (nSPS) is 19.1. The second kappa shape index (κ2) is 7.65. The first-order valence-electron chi connectivity index (χ1n) is 7.94. The van der Waals surface area contributed by atoms with Crippen molar-refractivity contribution in [3.8, 4) is 11.8 Å². The first-order chi connectivity index (χ1) is 11.5. The van der Waals surface area contributed by atoms with Gasteiger partial charge in [0.05, 0.1) is 0 Å². The second-order valence-corrected chi connectivity index (χ2v) is 5.76. The van der Waals surface area contributed by atoms with Crippen molar-refractivity contribution in [3.05, 3.63) is 59.2 Å². The predicted octanol–water partition coefficient (Wildman–Crippen LogP) is 3.52. The van der Waals surface area contributed by atoms with E-state index < -0.39 is 17.4 Å². The monoisotopic (exact) mass is 324 g/mol. The zero-order valence-electron chi connectivity index (χ0n) is 13.6. The molecule has 1 unspecified atom stereocenters. The maximum Gasteiger partial charge on any atom is 0.331 e. The maximum absolute atomic E-state index is 12.1. The summed E-state index contributed by atoms with van der Waals surface area (Å²) in [6.07, 6.45) is 7.19. The summed E-state index contributed by atoms with van der Waals surface area (Å²) in [7, 11) is 0. The van der Waals surface area contributed by atoms with Crippen molar-refractivity contribution in [1.82, 2.24) is 0 Å². The molecule has 0 saturated carbocycles. The average molecular weight is 324 g/mol. The smallest absolute Gasteiger partial charge is 0.331 e. The highest BCUT2D eigenvalue weighted by Crippen LogP contribution is 2.37. The maximum atomic E-state index is 12.1. The van der Waals surface area contributed by atoms with E-state index >= 15 is 0 Å². The van der Waals surface area contributed by atoms with Crippen LogP contribution in [0, 0.1) is 11.8 Å². The second-order valence-electron chi connectivity index (χ2n) is 5.76. The molecule has 2 rings (SSSR count). The summed E-state index contributed by atoms with van der Waals surface area (Å²) in [5, 5.41) is 19.1. The van der Waals surface area contributed by atoms with Crippen LogP contribution < -0.4 is 0 Å². The van der Waals surface area contributed by atoms with E-state index in [1.807, 2.05) is 6.07 Å². The van der Waals surface area contributed by atoms with Gasteiger partial charge < -0.3 is 10.2 Å². The molecular formula is C20H20O4. The standard InChI is InChI=1S/C20H20O4/c1-2-3-4-5-9-15-10-6-7-12-17(15)20(19(23)24)13-8-11-16(14-20)18(21)22/h6-8,10-13H,2-4,14H2,1H3,(H,21,22)(H,23,24). The highest BCUT2D eigenvalue weighted by atomic mass is 16.4. The lowest BCUT2D eigenvalue weighted by atomic mass is 9.71. The molecule has 0 saturated heterocycles. The van der Waals surface area contributed by atoms with Crippen LogP contribution in [0.3, 0.4) is 0 Å². The fourth-order valence-corrected chi connectivity index (χ4v) is 2.74. The van der Waals surface area contributed by atoms with Crippen LogP contribution in [-0.2, 0) is 15.0 Å². The molecule has 1 aliphatic carbocycles. The molecule has 0 amide bonds. The van der Waals surface area contributed by atoms with Crippen LogP contribution in [0.5, 0.6) is 0 Å². The van der Waals surface area contributed by atoms with E-state index in [-0.39, 0.29) is 12.0 Å². The van der Waals surface area contributed by atoms with Gasteiger partial charge in [0.1, 0.15) is 5.41 Å². The lowest BCUT2D eigenvalue weighted by Crippen LogP contribution is -2.37. The molecule has 0 bridgehead atoms. The minimum absolute atomic E-state index is 0.0774. The van der Waals surface area contributed by atoms with Crippen molar-refractivity contribution in [3.63, 3.8) is 0 Å². The predicted molar refractivity (Wildman–Crippen MR) is 91.6 cm³/mol. The number of benzene rings is 1. The number of unbranched alkanes of at least 4 members (excludes halogenated alkanes) is 2. The van der Waals surface area contributed by atoms with E-state index in [1.54, 1.807) is 24.3 Å². The Bertz CT molecular complexity index is 761. The molecule has 0 spiro atoms. The Hall–Kier alpha value is -2.80. The Morgan fingerprint density at radius 2 is 2.00 bits per heavy atom. The molecule has 1 aromatic rings. The number of hydrogen-bond acceptors (Lipinski definition) is 2. The molecule has 24 heavy (non-hydrogen) atoms. The van der Waals surface area contributed by atoms with Gasteiger partial charge in [-0.05, 0) is 18.1 Å². The average Bonchev–Trinajstić information content (AvgIpc) is 2.59. The van der Waals surface area contributed by atoms with Crippen LogP contribution >= 0.6 is 0 Å². The van der Waals surface area contributed by atoms with E-state index in [0.29, 0.717) is 11.1 Å². The van der Waals surface area contributed by atoms with E-state index in [9.17, 15) is 19.8 Å². The van der Waals surface area contributed by atoms with Crippen LogP contribution in [0.4, 0.5) is 0 Å². The Balaban J connectivity index is 2.49. The van der Waals surface area contributed by atoms with E-state index in [2.05, 4.69) is 18.8 Å². The molecule has 1 aliphatic rings. The van der Waals surface area contributed by atoms with Crippen molar-refractivity contribution < 1.29 is 19.8 Å². The summed E-state index contributed by atoms with van der Waals surface area (Å²) in [5.74, 6) is 3.95. The lowest BCUT2D eigenvalue weighted by molar-refractivity contribution is -0.142. The van der Waals surface area contributed by atoms with E-state index in [1.165, 1.54) is 12.2 Å². The van der Waals surface area contributed by atoms with Crippen molar-refractivity contribution in [2.24, 2.45) is 0 Å². The zero-order chi connectivity index (χ0) is 17.6. The number of carboxylic acid groups (broad SMARTS) is 2. The van der Waals surface area contributed by atoms with Crippen molar-refractivity contribution in [1.29, 1.82) is 0 Å². The van der Waals surface area contributed by atoms with Gasteiger partial charge in [0.15, 0.2) is 0 Å². The molecule has 1 aromatic carbocycles. The molecule has 1 atom stereocenters. The van der Waals surface area contributed by atoms with Crippen LogP contribution in [0.15, 0.2) is 48.1 Å². The summed E-state index contributed by atoms with van der Waals surface area (Å²) in [6.45, 7) is 2.08. The zero-order valence-corrected chi connectivity index (χ0v) is 13.6. The highest BCUT2D eigenvalue weighted by molar-refractivity contribution is 5.93. The van der Waals surface area contributed by atoms with Crippen LogP contribution in [0.1, 0.15) is 43.7 Å². The summed E-state index contributed by atoms with van der Waals surface area (Å²) in [4.78, 5) is 23.4. The molecule has 2 N–H and O–H groups in total. The van der Waals surface area contributed by atoms with Gasteiger partial charge in [-0.3, -0.25) is 4.79 Å². The Kier molecular flexibility index (Phi) is 5.59. The quantitative estimate of drug-likeness (QED) is 0.642. The Labute approximate surface area is 141 Å². The third-order valence-electron chi connectivity index (χ3n) is 4.09. The number of rotatable bonds is 5. The van der Waals surface area contributed by atoms with Gasteiger partial charge in [0.25, 0.3) is 0 Å².